The zero-order valence-electron chi connectivity index (χ0n) is 15.2. The van der Waals surface area contributed by atoms with Crippen molar-refractivity contribution in [3.8, 4) is 11.5 Å². The molecule has 28 heavy (non-hydrogen) atoms. The van der Waals surface area contributed by atoms with Gasteiger partial charge in [-0.2, -0.15) is 0 Å². The van der Waals surface area contributed by atoms with E-state index in [2.05, 4.69) is 5.32 Å². The zero-order valence-corrected chi connectivity index (χ0v) is 17.6. The molecule has 0 aliphatic heterocycles. The predicted octanol–water partition coefficient (Wildman–Crippen LogP) is 6.05. The number of hydrogen-bond donors (Lipinski definition) is 1. The smallest absolute Gasteiger partial charge is 0.129 e. The summed E-state index contributed by atoms with van der Waals surface area (Å²) in [6.45, 7) is 0.962. The molecule has 0 saturated carbocycles. The summed E-state index contributed by atoms with van der Waals surface area (Å²) in [7, 11) is 1.65. The first-order valence-electron chi connectivity index (χ1n) is 8.63. The molecule has 0 aliphatic rings. The maximum Gasteiger partial charge on any atom is 0.129 e. The summed E-state index contributed by atoms with van der Waals surface area (Å²) in [5.41, 5.74) is 2.84. The lowest BCUT2D eigenvalue weighted by Crippen LogP contribution is -2.22. The Balaban J connectivity index is 1.66. The van der Waals surface area contributed by atoms with Crippen LogP contribution < -0.4 is 14.8 Å². The van der Waals surface area contributed by atoms with Crippen LogP contribution in [0.15, 0.2) is 66.7 Å². The number of thiocarbonyl (C=S) groups is 1. The van der Waals surface area contributed by atoms with Crippen molar-refractivity contribution in [1.29, 1.82) is 0 Å². The van der Waals surface area contributed by atoms with Crippen LogP contribution in [-0.2, 0) is 13.2 Å². The van der Waals surface area contributed by atoms with E-state index < -0.39 is 0 Å². The van der Waals surface area contributed by atoms with Crippen molar-refractivity contribution in [2.24, 2.45) is 0 Å². The molecule has 3 aromatic rings. The number of benzene rings is 3. The highest BCUT2D eigenvalue weighted by Gasteiger charge is 2.09. The molecule has 0 spiro atoms. The summed E-state index contributed by atoms with van der Waals surface area (Å²) in [5, 5.41) is 4.31. The fraction of sp³-hybridized carbons (Fsp3) is 0.136. The molecular formula is C22H19Cl2NO2S. The van der Waals surface area contributed by atoms with Crippen LogP contribution in [0.5, 0.6) is 11.5 Å². The van der Waals surface area contributed by atoms with Gasteiger partial charge in [-0.3, -0.25) is 0 Å². The molecule has 3 nitrogen and oxygen atoms in total. The Morgan fingerprint density at radius 1 is 0.929 bits per heavy atom. The van der Waals surface area contributed by atoms with E-state index in [1.165, 1.54) is 0 Å². The molecule has 0 unspecified atom stereocenters. The number of hydrogen-bond acceptors (Lipinski definition) is 3. The van der Waals surface area contributed by atoms with Crippen molar-refractivity contribution in [1.82, 2.24) is 5.32 Å². The van der Waals surface area contributed by atoms with Gasteiger partial charge >= 0.3 is 0 Å². The molecule has 6 heteroatoms. The van der Waals surface area contributed by atoms with E-state index in [0.29, 0.717) is 33.9 Å². The molecule has 0 amide bonds. The molecule has 3 rings (SSSR count). The van der Waals surface area contributed by atoms with Crippen LogP contribution in [0.25, 0.3) is 0 Å². The first-order valence-corrected chi connectivity index (χ1v) is 9.80. The quantitative estimate of drug-likeness (QED) is 0.461. The molecule has 0 heterocycles. The van der Waals surface area contributed by atoms with E-state index in [9.17, 15) is 0 Å². The predicted molar refractivity (Wildman–Crippen MR) is 119 cm³/mol. The van der Waals surface area contributed by atoms with Crippen molar-refractivity contribution in [2.45, 2.75) is 13.2 Å². The molecule has 0 atom stereocenters. The Labute approximate surface area is 180 Å². The Bertz CT molecular complexity index is 978. The van der Waals surface area contributed by atoms with E-state index in [1.807, 2.05) is 54.6 Å². The van der Waals surface area contributed by atoms with E-state index in [-0.39, 0.29) is 0 Å². The molecule has 3 aromatic carbocycles. The van der Waals surface area contributed by atoms with Crippen molar-refractivity contribution >= 4 is 40.4 Å². The maximum absolute atomic E-state index is 6.07. The van der Waals surface area contributed by atoms with Crippen LogP contribution in [0.3, 0.4) is 0 Å². The third kappa shape index (κ3) is 5.38. The van der Waals surface area contributed by atoms with Crippen LogP contribution in [0.2, 0.25) is 10.0 Å². The number of nitrogens with one attached hydrogen (secondary N) is 1. The molecule has 1 N–H and O–H groups in total. The number of para-hydroxylation sites is 1. The van der Waals surface area contributed by atoms with E-state index in [1.54, 1.807) is 19.2 Å². The second-order valence-corrected chi connectivity index (χ2v) is 7.29. The van der Waals surface area contributed by atoms with Gasteiger partial charge in [-0.15, -0.1) is 0 Å². The summed E-state index contributed by atoms with van der Waals surface area (Å²) >= 11 is 17.6. The second kappa shape index (κ2) is 9.78. The fourth-order valence-corrected chi connectivity index (χ4v) is 3.19. The Morgan fingerprint density at radius 2 is 1.75 bits per heavy atom. The van der Waals surface area contributed by atoms with Gasteiger partial charge in [0.1, 0.15) is 23.1 Å². The minimum absolute atomic E-state index is 0.367. The number of halogens is 2. The van der Waals surface area contributed by atoms with Gasteiger partial charge in [0, 0.05) is 6.54 Å². The van der Waals surface area contributed by atoms with Gasteiger partial charge in [0.2, 0.25) is 0 Å². The van der Waals surface area contributed by atoms with E-state index in [4.69, 9.17) is 44.9 Å². The third-order valence-corrected chi connectivity index (χ3v) is 5.20. The van der Waals surface area contributed by atoms with Gasteiger partial charge in [-0.1, -0.05) is 65.8 Å². The van der Waals surface area contributed by atoms with Crippen molar-refractivity contribution in [2.75, 3.05) is 7.11 Å². The monoisotopic (exact) mass is 431 g/mol. The number of rotatable bonds is 7. The van der Waals surface area contributed by atoms with E-state index in [0.717, 1.165) is 22.4 Å². The van der Waals surface area contributed by atoms with Gasteiger partial charge in [-0.25, -0.2) is 0 Å². The summed E-state index contributed by atoms with van der Waals surface area (Å²) in [6, 6.07) is 21.0. The average molecular weight is 432 g/mol. The van der Waals surface area contributed by atoms with Crippen molar-refractivity contribution in [3.63, 3.8) is 0 Å². The Morgan fingerprint density at radius 3 is 2.54 bits per heavy atom. The normalized spacial score (nSPS) is 10.4. The Kier molecular flexibility index (Phi) is 7.15. The summed E-state index contributed by atoms with van der Waals surface area (Å²) in [5.74, 6) is 1.52. The SMILES string of the molecule is COc1cccc(CNC(=S)c2ccccc2OCc2ccc(Cl)c(Cl)c2)c1. The lowest BCUT2D eigenvalue weighted by Gasteiger charge is -2.14. The maximum atomic E-state index is 6.07. The summed E-state index contributed by atoms with van der Waals surface area (Å²) in [4.78, 5) is 0.618. The Hall–Kier alpha value is -2.27. The second-order valence-electron chi connectivity index (χ2n) is 6.07. The lowest BCUT2D eigenvalue weighted by atomic mass is 10.1. The highest BCUT2D eigenvalue weighted by molar-refractivity contribution is 7.80. The van der Waals surface area contributed by atoms with Crippen molar-refractivity contribution < 1.29 is 9.47 Å². The lowest BCUT2D eigenvalue weighted by molar-refractivity contribution is 0.305. The van der Waals surface area contributed by atoms with Crippen LogP contribution in [-0.4, -0.2) is 12.1 Å². The fourth-order valence-electron chi connectivity index (χ4n) is 2.63. The van der Waals surface area contributed by atoms with Crippen LogP contribution in [0.1, 0.15) is 16.7 Å². The van der Waals surface area contributed by atoms with Crippen LogP contribution in [0.4, 0.5) is 0 Å². The van der Waals surface area contributed by atoms with Crippen LogP contribution in [0, 0.1) is 0 Å². The van der Waals surface area contributed by atoms with Crippen molar-refractivity contribution in [3.05, 3.63) is 93.5 Å². The van der Waals surface area contributed by atoms with Gasteiger partial charge in [0.05, 0.1) is 22.7 Å². The minimum atomic E-state index is 0.367. The van der Waals surface area contributed by atoms with Gasteiger partial charge in [0.15, 0.2) is 0 Å². The van der Waals surface area contributed by atoms with Crippen LogP contribution >= 0.6 is 35.4 Å². The minimum Gasteiger partial charge on any atom is -0.497 e. The molecule has 0 fully saturated rings. The van der Waals surface area contributed by atoms with E-state index >= 15 is 0 Å². The average Bonchev–Trinajstić information content (AvgIpc) is 2.73. The summed E-state index contributed by atoms with van der Waals surface area (Å²) in [6.07, 6.45) is 0. The molecular weight excluding hydrogens is 413 g/mol. The van der Waals surface area contributed by atoms with Gasteiger partial charge in [0.25, 0.3) is 0 Å². The topological polar surface area (TPSA) is 30.5 Å². The molecule has 0 aromatic heterocycles. The van der Waals surface area contributed by atoms with Gasteiger partial charge in [-0.05, 0) is 47.5 Å². The van der Waals surface area contributed by atoms with Gasteiger partial charge < -0.3 is 14.8 Å². The first-order chi connectivity index (χ1) is 13.6. The molecule has 0 aliphatic carbocycles. The highest BCUT2D eigenvalue weighted by atomic mass is 35.5. The number of ether oxygens (including phenoxy) is 2. The molecule has 0 saturated heterocycles. The largest absolute Gasteiger partial charge is 0.497 e. The highest BCUT2D eigenvalue weighted by Crippen LogP contribution is 2.25. The zero-order chi connectivity index (χ0) is 19.9. The molecule has 0 bridgehead atoms. The molecule has 0 radical (unpaired) electrons. The summed E-state index contributed by atoms with van der Waals surface area (Å²) < 4.78 is 11.2. The standard InChI is InChI=1S/C22H19Cl2NO2S/c1-26-17-6-4-5-15(11-17)13-25-22(28)18-7-2-3-8-21(18)27-14-16-9-10-19(23)20(24)12-16/h2-12H,13-14H2,1H3,(H,25,28). The third-order valence-electron chi connectivity index (χ3n) is 4.10. The molecule has 144 valence electrons. The number of methoxy groups -OCH3 is 1. The first kappa shape index (κ1) is 20.5.